The first-order valence-corrected chi connectivity index (χ1v) is 10.5. The van der Waals surface area contributed by atoms with Gasteiger partial charge in [-0.05, 0) is 50.1 Å². The van der Waals surface area contributed by atoms with Gasteiger partial charge in [0.05, 0.1) is 4.90 Å². The summed E-state index contributed by atoms with van der Waals surface area (Å²) in [7, 11) is -3.10. The standard InChI is InChI=1S/C16H25NO2S2/c1-3-12-17-15-6-4-5-7-16(15)20-13-8-10-14(11-9-13)21(2,18)19/h8-11,15-17H,3-7,12H2,1-2H3. The van der Waals surface area contributed by atoms with Gasteiger partial charge in [0.1, 0.15) is 0 Å². The minimum atomic E-state index is -3.10. The number of benzene rings is 1. The molecule has 0 radical (unpaired) electrons. The van der Waals surface area contributed by atoms with Crippen LogP contribution >= 0.6 is 11.8 Å². The topological polar surface area (TPSA) is 46.2 Å². The minimum Gasteiger partial charge on any atom is -0.313 e. The zero-order chi connectivity index (χ0) is 15.3. The largest absolute Gasteiger partial charge is 0.313 e. The maximum Gasteiger partial charge on any atom is 0.175 e. The van der Waals surface area contributed by atoms with Crippen LogP contribution in [0.1, 0.15) is 39.0 Å². The number of thioether (sulfide) groups is 1. The summed E-state index contributed by atoms with van der Waals surface area (Å²) in [6.45, 7) is 3.27. The van der Waals surface area contributed by atoms with Gasteiger partial charge < -0.3 is 5.32 Å². The summed E-state index contributed by atoms with van der Waals surface area (Å²) in [6.07, 6.45) is 7.51. The smallest absolute Gasteiger partial charge is 0.175 e. The maximum atomic E-state index is 11.5. The van der Waals surface area contributed by atoms with Crippen LogP contribution < -0.4 is 5.32 Å². The molecule has 118 valence electrons. The summed E-state index contributed by atoms with van der Waals surface area (Å²) >= 11 is 1.89. The Morgan fingerprint density at radius 1 is 1.19 bits per heavy atom. The number of sulfone groups is 1. The van der Waals surface area contributed by atoms with E-state index in [0.717, 1.165) is 17.9 Å². The van der Waals surface area contributed by atoms with Crippen LogP contribution in [-0.4, -0.2) is 32.5 Å². The van der Waals surface area contributed by atoms with Gasteiger partial charge in [-0.15, -0.1) is 11.8 Å². The molecular weight excluding hydrogens is 302 g/mol. The molecule has 1 N–H and O–H groups in total. The molecule has 1 aromatic carbocycles. The van der Waals surface area contributed by atoms with Crippen molar-refractivity contribution in [3.8, 4) is 0 Å². The lowest BCUT2D eigenvalue weighted by atomic mass is 9.95. The maximum absolute atomic E-state index is 11.5. The number of nitrogens with one attached hydrogen (secondary N) is 1. The van der Waals surface area contributed by atoms with Gasteiger partial charge in [-0.25, -0.2) is 8.42 Å². The summed E-state index contributed by atoms with van der Waals surface area (Å²) in [5.74, 6) is 0. The molecule has 0 saturated heterocycles. The van der Waals surface area contributed by atoms with E-state index >= 15 is 0 Å². The molecular formula is C16H25NO2S2. The highest BCUT2D eigenvalue weighted by Gasteiger charge is 2.25. The summed E-state index contributed by atoms with van der Waals surface area (Å²) < 4.78 is 23.0. The Balaban J connectivity index is 2.01. The molecule has 0 aromatic heterocycles. The third-order valence-electron chi connectivity index (χ3n) is 3.90. The normalized spacial score (nSPS) is 23.1. The molecule has 3 nitrogen and oxygen atoms in total. The lowest BCUT2D eigenvalue weighted by Gasteiger charge is -2.32. The zero-order valence-corrected chi connectivity index (χ0v) is 14.5. The highest BCUT2D eigenvalue weighted by atomic mass is 32.2. The second-order valence-electron chi connectivity index (χ2n) is 5.74. The van der Waals surface area contributed by atoms with Gasteiger partial charge in [-0.3, -0.25) is 0 Å². The molecule has 2 atom stereocenters. The minimum absolute atomic E-state index is 0.399. The lowest BCUT2D eigenvalue weighted by Crippen LogP contribution is -2.40. The van der Waals surface area contributed by atoms with E-state index in [1.54, 1.807) is 12.1 Å². The van der Waals surface area contributed by atoms with Gasteiger partial charge in [0.25, 0.3) is 0 Å². The molecule has 2 rings (SSSR count). The van der Waals surface area contributed by atoms with Gasteiger partial charge >= 0.3 is 0 Å². The van der Waals surface area contributed by atoms with Crippen LogP contribution in [0, 0.1) is 0 Å². The molecule has 1 aliphatic rings. The zero-order valence-electron chi connectivity index (χ0n) is 12.8. The van der Waals surface area contributed by atoms with E-state index in [2.05, 4.69) is 12.2 Å². The first-order valence-electron chi connectivity index (χ1n) is 7.71. The van der Waals surface area contributed by atoms with Crippen LogP contribution in [0.2, 0.25) is 0 Å². The fraction of sp³-hybridized carbons (Fsp3) is 0.625. The molecule has 0 spiro atoms. The van der Waals surface area contributed by atoms with Crippen LogP contribution in [0.3, 0.4) is 0 Å². The molecule has 0 amide bonds. The summed E-state index contributed by atoms with van der Waals surface area (Å²) in [6, 6.07) is 7.89. The van der Waals surface area contributed by atoms with Crippen molar-refractivity contribution < 1.29 is 8.42 Å². The van der Waals surface area contributed by atoms with Crippen LogP contribution in [0.15, 0.2) is 34.1 Å². The van der Waals surface area contributed by atoms with Crippen molar-refractivity contribution in [3.05, 3.63) is 24.3 Å². The summed E-state index contributed by atoms with van der Waals surface area (Å²) in [4.78, 5) is 1.56. The van der Waals surface area contributed by atoms with Gasteiger partial charge in [-0.2, -0.15) is 0 Å². The summed E-state index contributed by atoms with van der Waals surface area (Å²) in [5.41, 5.74) is 0. The second-order valence-corrected chi connectivity index (χ2v) is 9.07. The third-order valence-corrected chi connectivity index (χ3v) is 6.44. The Morgan fingerprint density at radius 2 is 1.86 bits per heavy atom. The Labute approximate surface area is 132 Å². The third kappa shape index (κ3) is 5.01. The van der Waals surface area contributed by atoms with Crippen molar-refractivity contribution in [3.63, 3.8) is 0 Å². The molecule has 0 bridgehead atoms. The molecule has 1 saturated carbocycles. The predicted octanol–water partition coefficient (Wildman–Crippen LogP) is 3.49. The Morgan fingerprint density at radius 3 is 2.48 bits per heavy atom. The fourth-order valence-electron chi connectivity index (χ4n) is 2.74. The quantitative estimate of drug-likeness (QED) is 0.869. The van der Waals surface area contributed by atoms with Crippen LogP contribution in [-0.2, 0) is 9.84 Å². The van der Waals surface area contributed by atoms with Gasteiger partial charge in [0.15, 0.2) is 9.84 Å². The van der Waals surface area contributed by atoms with E-state index in [1.165, 1.54) is 31.9 Å². The first kappa shape index (κ1) is 16.8. The van der Waals surface area contributed by atoms with Crippen molar-refractivity contribution in [1.82, 2.24) is 5.32 Å². The van der Waals surface area contributed by atoms with Gasteiger partial charge in [0.2, 0.25) is 0 Å². The van der Waals surface area contributed by atoms with Gasteiger partial charge in [-0.1, -0.05) is 19.8 Å². The summed E-state index contributed by atoms with van der Waals surface area (Å²) in [5, 5.41) is 4.25. The van der Waals surface area contributed by atoms with E-state index in [-0.39, 0.29) is 0 Å². The van der Waals surface area contributed by atoms with Crippen molar-refractivity contribution >= 4 is 21.6 Å². The van der Waals surface area contributed by atoms with Crippen molar-refractivity contribution in [1.29, 1.82) is 0 Å². The lowest BCUT2D eigenvalue weighted by molar-refractivity contribution is 0.384. The van der Waals surface area contributed by atoms with E-state index in [4.69, 9.17) is 0 Å². The van der Waals surface area contributed by atoms with Crippen molar-refractivity contribution in [2.24, 2.45) is 0 Å². The van der Waals surface area contributed by atoms with E-state index in [9.17, 15) is 8.42 Å². The highest BCUT2D eigenvalue weighted by molar-refractivity contribution is 8.00. The molecule has 1 aromatic rings. The van der Waals surface area contributed by atoms with Crippen LogP contribution in [0.4, 0.5) is 0 Å². The molecule has 5 heteroatoms. The van der Waals surface area contributed by atoms with Crippen molar-refractivity contribution in [2.75, 3.05) is 12.8 Å². The average Bonchev–Trinajstić information content (AvgIpc) is 2.46. The van der Waals surface area contributed by atoms with Gasteiger partial charge in [0, 0.05) is 22.4 Å². The number of rotatable bonds is 6. The predicted molar refractivity (Wildman–Crippen MR) is 89.7 cm³/mol. The Kier molecular flexibility index (Phi) is 6.14. The second kappa shape index (κ2) is 7.65. The molecule has 1 aliphatic carbocycles. The van der Waals surface area contributed by atoms with Crippen molar-refractivity contribution in [2.45, 2.75) is 60.1 Å². The molecule has 21 heavy (non-hydrogen) atoms. The SMILES string of the molecule is CCCNC1CCCCC1Sc1ccc(S(C)(=O)=O)cc1. The Hall–Kier alpha value is -0.520. The highest BCUT2D eigenvalue weighted by Crippen LogP contribution is 2.34. The Bertz CT molecular complexity index is 540. The van der Waals surface area contributed by atoms with E-state index in [1.807, 2.05) is 23.9 Å². The van der Waals surface area contributed by atoms with E-state index in [0.29, 0.717) is 16.2 Å². The molecule has 2 unspecified atom stereocenters. The van der Waals surface area contributed by atoms with Crippen LogP contribution in [0.25, 0.3) is 0 Å². The number of hydrogen-bond donors (Lipinski definition) is 1. The molecule has 0 aliphatic heterocycles. The molecule has 1 fully saturated rings. The monoisotopic (exact) mass is 327 g/mol. The average molecular weight is 328 g/mol. The first-order chi connectivity index (χ1) is 10.0. The van der Waals surface area contributed by atoms with E-state index < -0.39 is 9.84 Å². The number of hydrogen-bond acceptors (Lipinski definition) is 4. The molecule has 0 heterocycles. The van der Waals surface area contributed by atoms with Crippen LogP contribution in [0.5, 0.6) is 0 Å². The fourth-order valence-corrected chi connectivity index (χ4v) is 4.70.